The zero-order chi connectivity index (χ0) is 18.2. The number of hydrogen-bond donors (Lipinski definition) is 1. The zero-order valence-electron chi connectivity index (χ0n) is 16.2. The van der Waals surface area contributed by atoms with E-state index in [-0.39, 0.29) is 17.6 Å². The first-order valence-corrected chi connectivity index (χ1v) is 9.86. The maximum Gasteiger partial charge on any atom is 0.223 e. The van der Waals surface area contributed by atoms with Crippen LogP contribution in [0.15, 0.2) is 0 Å². The Morgan fingerprint density at radius 3 is 2.64 bits per heavy atom. The third-order valence-corrected chi connectivity index (χ3v) is 6.21. The summed E-state index contributed by atoms with van der Waals surface area (Å²) in [7, 11) is 0. The number of likely N-dealkylation sites (tertiary alicyclic amines) is 1. The van der Waals surface area contributed by atoms with Crippen molar-refractivity contribution in [3.63, 3.8) is 0 Å². The van der Waals surface area contributed by atoms with E-state index in [0.29, 0.717) is 18.9 Å². The monoisotopic (exact) mass is 347 g/mol. The quantitative estimate of drug-likeness (QED) is 0.891. The molecule has 2 fully saturated rings. The van der Waals surface area contributed by atoms with E-state index in [1.165, 1.54) is 11.3 Å². The standard InChI is InChI=1S/C20H33N3O2/c1-14(2)13-23-16(4)17(15(3)21-23)7-8-19(25)22-12-9-18(24)20(22)10-5-6-11-20/h14,18,24H,5-13H2,1-4H3. The zero-order valence-corrected chi connectivity index (χ0v) is 16.2. The summed E-state index contributed by atoms with van der Waals surface area (Å²) in [4.78, 5) is 14.9. The lowest BCUT2D eigenvalue weighted by molar-refractivity contribution is -0.137. The van der Waals surface area contributed by atoms with Gasteiger partial charge in [0.05, 0.1) is 17.3 Å². The molecule has 3 rings (SSSR count). The smallest absolute Gasteiger partial charge is 0.223 e. The van der Waals surface area contributed by atoms with E-state index < -0.39 is 0 Å². The van der Waals surface area contributed by atoms with Gasteiger partial charge in [0.2, 0.25) is 5.91 Å². The summed E-state index contributed by atoms with van der Waals surface area (Å²) in [6.45, 7) is 10.2. The van der Waals surface area contributed by atoms with Crippen LogP contribution in [0, 0.1) is 19.8 Å². The molecule has 0 bridgehead atoms. The third kappa shape index (κ3) is 3.35. The van der Waals surface area contributed by atoms with Crippen LogP contribution in [-0.2, 0) is 17.8 Å². The molecular formula is C20H33N3O2. The summed E-state index contributed by atoms with van der Waals surface area (Å²) in [5, 5.41) is 15.1. The third-order valence-electron chi connectivity index (χ3n) is 6.21. The maximum atomic E-state index is 12.9. The van der Waals surface area contributed by atoms with Crippen LogP contribution < -0.4 is 0 Å². The van der Waals surface area contributed by atoms with Crippen LogP contribution in [0.3, 0.4) is 0 Å². The molecule has 1 aliphatic heterocycles. The molecule has 1 aliphatic carbocycles. The Hall–Kier alpha value is -1.36. The molecule has 1 saturated carbocycles. The molecule has 25 heavy (non-hydrogen) atoms. The van der Waals surface area contributed by atoms with E-state index in [1.54, 1.807) is 0 Å². The first-order valence-electron chi connectivity index (χ1n) is 9.86. The summed E-state index contributed by atoms with van der Waals surface area (Å²) in [6.07, 6.45) is 5.84. The number of aromatic nitrogens is 2. The van der Waals surface area contributed by atoms with Crippen LogP contribution in [0.1, 0.15) is 69.3 Å². The van der Waals surface area contributed by atoms with Crippen molar-refractivity contribution in [2.24, 2.45) is 5.92 Å². The van der Waals surface area contributed by atoms with Crippen molar-refractivity contribution in [1.82, 2.24) is 14.7 Å². The highest BCUT2D eigenvalue weighted by Gasteiger charge is 2.51. The van der Waals surface area contributed by atoms with Crippen molar-refractivity contribution in [2.45, 2.75) is 90.8 Å². The number of aliphatic hydroxyl groups excluding tert-OH is 1. The van der Waals surface area contributed by atoms with Gasteiger partial charge < -0.3 is 10.0 Å². The fourth-order valence-electron chi connectivity index (χ4n) is 4.87. The molecule has 5 nitrogen and oxygen atoms in total. The van der Waals surface area contributed by atoms with Gasteiger partial charge in [-0.2, -0.15) is 5.10 Å². The molecular weight excluding hydrogens is 314 g/mol. The number of amides is 1. The average Bonchev–Trinajstić information content (AvgIpc) is 3.21. The van der Waals surface area contributed by atoms with Crippen molar-refractivity contribution in [3.05, 3.63) is 17.0 Å². The normalized spacial score (nSPS) is 22.5. The first-order chi connectivity index (χ1) is 11.8. The summed E-state index contributed by atoms with van der Waals surface area (Å²) < 4.78 is 2.08. The van der Waals surface area contributed by atoms with Crippen molar-refractivity contribution < 1.29 is 9.90 Å². The Morgan fingerprint density at radius 1 is 1.32 bits per heavy atom. The largest absolute Gasteiger partial charge is 0.391 e. The predicted molar refractivity (Wildman–Crippen MR) is 98.4 cm³/mol. The fourth-order valence-corrected chi connectivity index (χ4v) is 4.87. The molecule has 140 valence electrons. The van der Waals surface area contributed by atoms with E-state index in [2.05, 4.69) is 30.6 Å². The van der Waals surface area contributed by atoms with Gasteiger partial charge in [0.15, 0.2) is 0 Å². The lowest BCUT2D eigenvalue weighted by Gasteiger charge is -2.37. The van der Waals surface area contributed by atoms with Gasteiger partial charge in [-0.25, -0.2) is 0 Å². The summed E-state index contributed by atoms with van der Waals surface area (Å²) in [6, 6.07) is 0. The minimum atomic E-state index is -0.337. The second-order valence-electron chi connectivity index (χ2n) is 8.39. The van der Waals surface area contributed by atoms with Crippen LogP contribution in [0.4, 0.5) is 0 Å². The molecule has 2 aliphatic rings. The molecule has 0 radical (unpaired) electrons. The van der Waals surface area contributed by atoms with Crippen LogP contribution in [0.5, 0.6) is 0 Å². The highest BCUT2D eigenvalue weighted by Crippen LogP contribution is 2.43. The number of carbonyl (C=O) groups is 1. The number of aryl methyl sites for hydroxylation is 1. The number of nitrogens with zero attached hydrogens (tertiary/aromatic N) is 3. The van der Waals surface area contributed by atoms with E-state index in [4.69, 9.17) is 0 Å². The molecule has 0 aromatic carbocycles. The van der Waals surface area contributed by atoms with Gasteiger partial charge in [-0.3, -0.25) is 9.48 Å². The van der Waals surface area contributed by atoms with Gasteiger partial charge in [-0.1, -0.05) is 26.7 Å². The maximum absolute atomic E-state index is 12.9. The van der Waals surface area contributed by atoms with Gasteiger partial charge in [-0.15, -0.1) is 0 Å². The minimum absolute atomic E-state index is 0.203. The fraction of sp³-hybridized carbons (Fsp3) is 0.800. The number of rotatable bonds is 5. The van der Waals surface area contributed by atoms with E-state index in [1.807, 2.05) is 11.8 Å². The second-order valence-corrected chi connectivity index (χ2v) is 8.39. The molecule has 1 aromatic heterocycles. The molecule has 1 unspecified atom stereocenters. The highest BCUT2D eigenvalue weighted by atomic mass is 16.3. The Kier molecular flexibility index (Phi) is 5.24. The summed E-state index contributed by atoms with van der Waals surface area (Å²) >= 11 is 0. The van der Waals surface area contributed by atoms with Gasteiger partial charge in [-0.05, 0) is 51.0 Å². The Labute approximate surface area is 151 Å². The lowest BCUT2D eigenvalue weighted by Crippen LogP contribution is -2.50. The summed E-state index contributed by atoms with van der Waals surface area (Å²) in [5.74, 6) is 0.759. The topological polar surface area (TPSA) is 58.4 Å². The van der Waals surface area contributed by atoms with Crippen molar-refractivity contribution >= 4 is 5.91 Å². The van der Waals surface area contributed by atoms with Gasteiger partial charge in [0.25, 0.3) is 0 Å². The van der Waals surface area contributed by atoms with Crippen LogP contribution in [0.2, 0.25) is 0 Å². The number of carbonyl (C=O) groups excluding carboxylic acids is 1. The van der Waals surface area contributed by atoms with Crippen LogP contribution >= 0.6 is 0 Å². The molecule has 1 spiro atoms. The van der Waals surface area contributed by atoms with Gasteiger partial charge >= 0.3 is 0 Å². The Balaban J connectivity index is 1.68. The molecule has 1 aromatic rings. The predicted octanol–water partition coefficient (Wildman–Crippen LogP) is 2.99. The van der Waals surface area contributed by atoms with Crippen molar-refractivity contribution in [2.75, 3.05) is 6.54 Å². The first kappa shape index (κ1) is 18.4. The lowest BCUT2D eigenvalue weighted by atomic mass is 9.91. The van der Waals surface area contributed by atoms with Crippen LogP contribution in [-0.4, -0.2) is 43.9 Å². The molecule has 1 saturated heterocycles. The highest BCUT2D eigenvalue weighted by molar-refractivity contribution is 5.78. The van der Waals surface area contributed by atoms with E-state index in [0.717, 1.165) is 50.8 Å². The molecule has 1 amide bonds. The molecule has 2 heterocycles. The second kappa shape index (κ2) is 7.10. The molecule has 5 heteroatoms. The van der Waals surface area contributed by atoms with E-state index >= 15 is 0 Å². The van der Waals surface area contributed by atoms with E-state index in [9.17, 15) is 9.90 Å². The Morgan fingerprint density at radius 2 is 2.00 bits per heavy atom. The van der Waals surface area contributed by atoms with Gasteiger partial charge in [0, 0.05) is 25.2 Å². The SMILES string of the molecule is Cc1nn(CC(C)C)c(C)c1CCC(=O)N1CCC(O)C12CCCC2. The van der Waals surface area contributed by atoms with Crippen LogP contribution in [0.25, 0.3) is 0 Å². The Bertz CT molecular complexity index is 629. The molecule has 1 N–H and O–H groups in total. The number of hydrogen-bond acceptors (Lipinski definition) is 3. The summed E-state index contributed by atoms with van der Waals surface area (Å²) in [5.41, 5.74) is 3.19. The average molecular weight is 348 g/mol. The van der Waals surface area contributed by atoms with Crippen molar-refractivity contribution in [3.8, 4) is 0 Å². The van der Waals surface area contributed by atoms with Gasteiger partial charge in [0.1, 0.15) is 0 Å². The minimum Gasteiger partial charge on any atom is -0.391 e. The molecule has 1 atom stereocenters. The van der Waals surface area contributed by atoms with Crippen molar-refractivity contribution in [1.29, 1.82) is 0 Å². The number of aliphatic hydroxyl groups is 1.